The fourth-order valence-electron chi connectivity index (χ4n) is 2.20. The fraction of sp³-hybridized carbons (Fsp3) is 0.176. The van der Waals surface area contributed by atoms with Gasteiger partial charge in [-0.25, -0.2) is 9.37 Å². The molecule has 9 heteroatoms. The number of halogens is 1. The molecule has 136 valence electrons. The van der Waals surface area contributed by atoms with Crippen molar-refractivity contribution in [3.05, 3.63) is 48.3 Å². The number of fused-ring (bicyclic) bond motifs is 1. The molecular weight excluding hydrogens is 379 g/mol. The number of anilines is 1. The Kier molecular flexibility index (Phi) is 5.19. The average molecular weight is 394 g/mol. The van der Waals surface area contributed by atoms with E-state index in [1.165, 1.54) is 23.5 Å². The Labute approximate surface area is 153 Å². The van der Waals surface area contributed by atoms with Crippen molar-refractivity contribution in [1.29, 1.82) is 0 Å². The summed E-state index contributed by atoms with van der Waals surface area (Å²) >= 11 is 1.22. The predicted octanol–water partition coefficient (Wildman–Crippen LogP) is 3.94. The van der Waals surface area contributed by atoms with Crippen molar-refractivity contribution in [2.75, 3.05) is 5.32 Å². The largest absolute Gasteiger partial charge is 0.379 e. The Morgan fingerprint density at radius 1 is 1.23 bits per heavy atom. The molecule has 0 bridgehead atoms. The summed E-state index contributed by atoms with van der Waals surface area (Å²) in [5.41, 5.74) is 0.619. The van der Waals surface area contributed by atoms with Gasteiger partial charge in [0.05, 0.1) is 10.2 Å². The standard InChI is InChI=1S/C17H15FN2O4S2/c1-2-3-16(21)20-17-19-14-9-6-12(10-15(14)25-17)24-26(22,23)13-7-4-11(18)5-8-13/h4-10H,2-3H2,1H3,(H,19,20,21). The van der Waals surface area contributed by atoms with E-state index in [-0.39, 0.29) is 16.6 Å². The predicted molar refractivity (Wildman–Crippen MR) is 97.4 cm³/mol. The summed E-state index contributed by atoms with van der Waals surface area (Å²) in [6.07, 6.45) is 1.14. The number of carbonyl (C=O) groups is 1. The number of hydrogen-bond acceptors (Lipinski definition) is 6. The molecular formula is C17H15FN2O4S2. The van der Waals surface area contributed by atoms with Gasteiger partial charge in [0.25, 0.3) is 0 Å². The molecule has 3 aromatic rings. The SMILES string of the molecule is CCCC(=O)Nc1nc2ccc(OS(=O)(=O)c3ccc(F)cc3)cc2s1. The van der Waals surface area contributed by atoms with Crippen LogP contribution in [0.2, 0.25) is 0 Å². The van der Waals surface area contributed by atoms with Gasteiger partial charge in [0.1, 0.15) is 16.5 Å². The summed E-state index contributed by atoms with van der Waals surface area (Å²) in [7, 11) is -4.07. The Hall–Kier alpha value is -2.52. The second-order valence-corrected chi connectivity index (χ2v) is 8.02. The van der Waals surface area contributed by atoms with Gasteiger partial charge in [-0.2, -0.15) is 8.42 Å². The van der Waals surface area contributed by atoms with Crippen molar-refractivity contribution in [3.8, 4) is 5.75 Å². The molecule has 0 spiro atoms. The van der Waals surface area contributed by atoms with Crippen molar-refractivity contribution < 1.29 is 21.8 Å². The first-order valence-corrected chi connectivity index (χ1v) is 10.0. The third-order valence-corrected chi connectivity index (χ3v) is 5.59. The highest BCUT2D eigenvalue weighted by Crippen LogP contribution is 2.30. The fourth-order valence-corrected chi connectivity index (χ4v) is 4.03. The van der Waals surface area contributed by atoms with Crippen molar-refractivity contribution in [1.82, 2.24) is 4.98 Å². The molecule has 2 aromatic carbocycles. The lowest BCUT2D eigenvalue weighted by Crippen LogP contribution is -2.09. The molecule has 0 aliphatic carbocycles. The van der Waals surface area contributed by atoms with Crippen LogP contribution >= 0.6 is 11.3 Å². The quantitative estimate of drug-likeness (QED) is 0.640. The van der Waals surface area contributed by atoms with Crippen LogP contribution in [-0.2, 0) is 14.9 Å². The lowest BCUT2D eigenvalue weighted by molar-refractivity contribution is -0.116. The van der Waals surface area contributed by atoms with E-state index >= 15 is 0 Å². The van der Waals surface area contributed by atoms with Gasteiger partial charge >= 0.3 is 10.1 Å². The first-order chi connectivity index (χ1) is 12.4. The Balaban J connectivity index is 1.82. The number of nitrogens with zero attached hydrogens (tertiary/aromatic N) is 1. The van der Waals surface area contributed by atoms with E-state index in [9.17, 15) is 17.6 Å². The molecule has 0 fully saturated rings. The van der Waals surface area contributed by atoms with Crippen LogP contribution in [0.25, 0.3) is 10.2 Å². The minimum Gasteiger partial charge on any atom is -0.379 e. The Bertz CT molecular complexity index is 1050. The zero-order chi connectivity index (χ0) is 18.7. The third-order valence-electron chi connectivity index (χ3n) is 3.39. The normalized spacial score (nSPS) is 11.5. The molecule has 1 N–H and O–H groups in total. The van der Waals surface area contributed by atoms with Crippen molar-refractivity contribution in [2.24, 2.45) is 0 Å². The summed E-state index contributed by atoms with van der Waals surface area (Å²) in [6, 6.07) is 8.98. The number of amides is 1. The summed E-state index contributed by atoms with van der Waals surface area (Å²) in [5, 5.41) is 3.15. The number of carbonyl (C=O) groups excluding carboxylic acids is 1. The zero-order valence-corrected chi connectivity index (χ0v) is 15.4. The van der Waals surface area contributed by atoms with E-state index in [0.717, 1.165) is 30.7 Å². The van der Waals surface area contributed by atoms with Crippen molar-refractivity contribution in [3.63, 3.8) is 0 Å². The topological polar surface area (TPSA) is 85.4 Å². The van der Waals surface area contributed by atoms with Crippen LogP contribution in [0.15, 0.2) is 47.4 Å². The van der Waals surface area contributed by atoms with Crippen LogP contribution in [0.1, 0.15) is 19.8 Å². The van der Waals surface area contributed by atoms with Gasteiger partial charge in [0.2, 0.25) is 5.91 Å². The highest BCUT2D eigenvalue weighted by Gasteiger charge is 2.17. The van der Waals surface area contributed by atoms with E-state index in [1.807, 2.05) is 6.92 Å². The van der Waals surface area contributed by atoms with Gasteiger partial charge in [-0.3, -0.25) is 4.79 Å². The molecule has 0 radical (unpaired) electrons. The second kappa shape index (κ2) is 7.38. The molecule has 6 nitrogen and oxygen atoms in total. The van der Waals surface area contributed by atoms with E-state index in [0.29, 0.717) is 21.8 Å². The molecule has 26 heavy (non-hydrogen) atoms. The average Bonchev–Trinajstić information content (AvgIpc) is 2.96. The van der Waals surface area contributed by atoms with Crippen LogP contribution in [0.5, 0.6) is 5.75 Å². The number of thiazole rings is 1. The van der Waals surface area contributed by atoms with E-state index in [4.69, 9.17) is 4.18 Å². The molecule has 0 aliphatic rings. The molecule has 0 saturated carbocycles. The lowest BCUT2D eigenvalue weighted by Gasteiger charge is -2.06. The third kappa shape index (κ3) is 4.17. The van der Waals surface area contributed by atoms with E-state index in [1.54, 1.807) is 6.07 Å². The number of benzene rings is 2. The Morgan fingerprint density at radius 3 is 2.65 bits per heavy atom. The molecule has 3 rings (SSSR count). The molecule has 0 saturated heterocycles. The zero-order valence-electron chi connectivity index (χ0n) is 13.7. The molecule has 1 aromatic heterocycles. The van der Waals surface area contributed by atoms with E-state index < -0.39 is 15.9 Å². The smallest absolute Gasteiger partial charge is 0.339 e. The van der Waals surface area contributed by atoms with Crippen LogP contribution in [0.4, 0.5) is 9.52 Å². The first kappa shape index (κ1) is 18.3. The number of rotatable bonds is 6. The number of nitrogens with one attached hydrogen (secondary N) is 1. The van der Waals surface area contributed by atoms with Gasteiger partial charge < -0.3 is 9.50 Å². The summed E-state index contributed by atoms with van der Waals surface area (Å²) in [4.78, 5) is 15.8. The van der Waals surface area contributed by atoms with Crippen LogP contribution < -0.4 is 9.50 Å². The van der Waals surface area contributed by atoms with Gasteiger partial charge in [-0.05, 0) is 42.8 Å². The molecule has 1 amide bonds. The van der Waals surface area contributed by atoms with Gasteiger partial charge in [0.15, 0.2) is 5.13 Å². The highest BCUT2D eigenvalue weighted by atomic mass is 32.2. The number of hydrogen-bond donors (Lipinski definition) is 1. The Morgan fingerprint density at radius 2 is 1.96 bits per heavy atom. The van der Waals surface area contributed by atoms with Crippen molar-refractivity contribution in [2.45, 2.75) is 24.7 Å². The summed E-state index contributed by atoms with van der Waals surface area (Å²) < 4.78 is 43.2. The van der Waals surface area contributed by atoms with Gasteiger partial charge in [-0.15, -0.1) is 0 Å². The maximum atomic E-state index is 12.9. The van der Waals surface area contributed by atoms with Gasteiger partial charge in [-0.1, -0.05) is 18.3 Å². The van der Waals surface area contributed by atoms with Crippen LogP contribution in [0.3, 0.4) is 0 Å². The second-order valence-electron chi connectivity index (χ2n) is 5.44. The minimum absolute atomic E-state index is 0.108. The first-order valence-electron chi connectivity index (χ1n) is 7.78. The van der Waals surface area contributed by atoms with Crippen LogP contribution in [0, 0.1) is 5.82 Å². The maximum Gasteiger partial charge on any atom is 0.339 e. The molecule has 0 aliphatic heterocycles. The minimum atomic E-state index is -4.07. The molecule has 0 atom stereocenters. The van der Waals surface area contributed by atoms with Crippen molar-refractivity contribution >= 4 is 42.7 Å². The summed E-state index contributed by atoms with van der Waals surface area (Å²) in [5.74, 6) is -0.550. The lowest BCUT2D eigenvalue weighted by atomic mass is 10.3. The highest BCUT2D eigenvalue weighted by molar-refractivity contribution is 7.87. The van der Waals surface area contributed by atoms with Crippen LogP contribution in [-0.4, -0.2) is 19.3 Å². The van der Waals surface area contributed by atoms with E-state index in [2.05, 4.69) is 10.3 Å². The number of aromatic nitrogens is 1. The van der Waals surface area contributed by atoms with Gasteiger partial charge in [0, 0.05) is 12.5 Å². The maximum absolute atomic E-state index is 12.9. The monoisotopic (exact) mass is 394 g/mol. The molecule has 0 unspecified atom stereocenters. The summed E-state index contributed by atoms with van der Waals surface area (Å²) in [6.45, 7) is 1.91. The molecule has 1 heterocycles.